The molecule has 0 radical (unpaired) electrons. The summed E-state index contributed by atoms with van der Waals surface area (Å²) in [6, 6.07) is 8.43. The maximum atomic E-state index is 13.2. The first-order valence-electron chi connectivity index (χ1n) is 5.59. The van der Waals surface area contributed by atoms with Gasteiger partial charge in [-0.25, -0.2) is 4.39 Å². The third kappa shape index (κ3) is 3.64. The highest BCUT2D eigenvalue weighted by atomic mass is 19.1. The van der Waals surface area contributed by atoms with Crippen LogP contribution in [0.15, 0.2) is 48.8 Å². The van der Waals surface area contributed by atoms with Crippen LogP contribution in [0.4, 0.5) is 15.8 Å². The monoisotopic (exact) mass is 257 g/mol. The largest absolute Gasteiger partial charge is 0.399 e. The first kappa shape index (κ1) is 12.8. The van der Waals surface area contributed by atoms with Crippen molar-refractivity contribution in [2.75, 3.05) is 11.1 Å². The van der Waals surface area contributed by atoms with Crippen LogP contribution in [-0.4, -0.2) is 10.9 Å². The first-order valence-corrected chi connectivity index (χ1v) is 5.59. The summed E-state index contributed by atoms with van der Waals surface area (Å²) in [7, 11) is 0. The second kappa shape index (κ2) is 5.77. The Labute approximate surface area is 109 Å². The molecule has 0 aliphatic rings. The molecule has 19 heavy (non-hydrogen) atoms. The Bertz CT molecular complexity index is 608. The van der Waals surface area contributed by atoms with Gasteiger partial charge in [0.1, 0.15) is 0 Å². The Morgan fingerprint density at radius 1 is 1.26 bits per heavy atom. The Morgan fingerprint density at radius 3 is 2.68 bits per heavy atom. The van der Waals surface area contributed by atoms with E-state index in [1.54, 1.807) is 30.3 Å². The van der Waals surface area contributed by atoms with Crippen LogP contribution >= 0.6 is 0 Å². The van der Waals surface area contributed by atoms with Crippen LogP contribution in [-0.2, 0) is 4.79 Å². The molecule has 0 spiro atoms. The van der Waals surface area contributed by atoms with E-state index in [2.05, 4.69) is 10.3 Å². The van der Waals surface area contributed by atoms with E-state index in [-0.39, 0.29) is 5.69 Å². The topological polar surface area (TPSA) is 68.0 Å². The molecule has 0 atom stereocenters. The van der Waals surface area contributed by atoms with E-state index in [0.29, 0.717) is 5.69 Å². The summed E-state index contributed by atoms with van der Waals surface area (Å²) in [6.07, 6.45) is 5.39. The summed E-state index contributed by atoms with van der Waals surface area (Å²) in [5.74, 6) is -0.987. The third-order valence-electron chi connectivity index (χ3n) is 2.39. The average Bonchev–Trinajstić information content (AvgIpc) is 2.41. The van der Waals surface area contributed by atoms with E-state index in [4.69, 9.17) is 5.73 Å². The third-order valence-corrected chi connectivity index (χ3v) is 2.39. The number of rotatable bonds is 3. The average molecular weight is 257 g/mol. The number of hydrogen-bond donors (Lipinski definition) is 2. The molecular weight excluding hydrogens is 245 g/mol. The van der Waals surface area contributed by atoms with E-state index >= 15 is 0 Å². The number of amides is 1. The molecule has 2 rings (SSSR count). The van der Waals surface area contributed by atoms with Crippen LogP contribution in [0.5, 0.6) is 0 Å². The Hall–Kier alpha value is -2.69. The molecule has 0 unspecified atom stereocenters. The van der Waals surface area contributed by atoms with Crippen LogP contribution in [0.1, 0.15) is 5.56 Å². The van der Waals surface area contributed by atoms with Gasteiger partial charge >= 0.3 is 0 Å². The van der Waals surface area contributed by atoms with Gasteiger partial charge < -0.3 is 11.1 Å². The minimum absolute atomic E-state index is 0.0990. The maximum absolute atomic E-state index is 13.2. The maximum Gasteiger partial charge on any atom is 0.248 e. The SMILES string of the molecule is Nc1ccc(/C=C/C(=O)Nc2ccncc2F)cc1. The van der Waals surface area contributed by atoms with Crippen molar-refractivity contribution in [3.05, 3.63) is 60.2 Å². The fourth-order valence-corrected chi connectivity index (χ4v) is 1.43. The molecule has 0 fully saturated rings. The lowest BCUT2D eigenvalue weighted by Crippen LogP contribution is -2.09. The van der Waals surface area contributed by atoms with Crippen LogP contribution < -0.4 is 11.1 Å². The van der Waals surface area contributed by atoms with Crippen molar-refractivity contribution in [3.8, 4) is 0 Å². The fourth-order valence-electron chi connectivity index (χ4n) is 1.43. The lowest BCUT2D eigenvalue weighted by atomic mass is 10.2. The molecule has 96 valence electrons. The number of halogens is 1. The minimum Gasteiger partial charge on any atom is -0.399 e. The molecule has 0 saturated carbocycles. The summed E-state index contributed by atoms with van der Waals surface area (Å²) in [6.45, 7) is 0. The molecule has 2 aromatic rings. The van der Waals surface area contributed by atoms with E-state index in [0.717, 1.165) is 11.8 Å². The molecular formula is C14H12FN3O. The van der Waals surface area contributed by atoms with Gasteiger partial charge in [-0.1, -0.05) is 12.1 Å². The smallest absolute Gasteiger partial charge is 0.248 e. The second-order valence-electron chi connectivity index (χ2n) is 3.84. The Morgan fingerprint density at radius 2 is 2.00 bits per heavy atom. The summed E-state index contributed by atoms with van der Waals surface area (Å²) < 4.78 is 13.2. The van der Waals surface area contributed by atoms with E-state index in [1.807, 2.05) is 0 Å². The highest BCUT2D eigenvalue weighted by Gasteiger charge is 2.03. The second-order valence-corrected chi connectivity index (χ2v) is 3.84. The van der Waals surface area contributed by atoms with E-state index < -0.39 is 11.7 Å². The molecule has 0 aliphatic heterocycles. The summed E-state index contributed by atoms with van der Waals surface area (Å²) in [5.41, 5.74) is 7.14. The number of nitrogen functional groups attached to an aromatic ring is 1. The number of benzene rings is 1. The van der Waals surface area contributed by atoms with Crippen molar-refractivity contribution in [2.24, 2.45) is 0 Å². The quantitative estimate of drug-likeness (QED) is 0.655. The van der Waals surface area contributed by atoms with Gasteiger partial charge in [0.15, 0.2) is 5.82 Å². The molecule has 3 N–H and O–H groups in total. The first-order chi connectivity index (χ1) is 9.15. The van der Waals surface area contributed by atoms with Crippen molar-refractivity contribution in [3.63, 3.8) is 0 Å². The molecule has 5 heteroatoms. The van der Waals surface area contributed by atoms with Gasteiger partial charge in [0.25, 0.3) is 0 Å². The zero-order valence-electron chi connectivity index (χ0n) is 10.0. The number of nitrogens with zero attached hydrogens (tertiary/aromatic N) is 1. The summed E-state index contributed by atoms with van der Waals surface area (Å²) in [5, 5.41) is 2.43. The number of nitrogens with two attached hydrogens (primary N) is 1. The van der Waals surface area contributed by atoms with E-state index in [1.165, 1.54) is 18.3 Å². The molecule has 4 nitrogen and oxygen atoms in total. The van der Waals surface area contributed by atoms with Gasteiger partial charge in [0.05, 0.1) is 11.9 Å². The number of pyridine rings is 1. The highest BCUT2D eigenvalue weighted by molar-refractivity contribution is 6.01. The number of anilines is 2. The lowest BCUT2D eigenvalue weighted by Gasteiger charge is -2.02. The number of carbonyl (C=O) groups is 1. The van der Waals surface area contributed by atoms with Crippen molar-refractivity contribution in [2.45, 2.75) is 0 Å². The predicted molar refractivity (Wildman–Crippen MR) is 72.7 cm³/mol. The van der Waals surface area contributed by atoms with Crippen LogP contribution in [0.25, 0.3) is 6.08 Å². The van der Waals surface area contributed by atoms with Crippen LogP contribution in [0.3, 0.4) is 0 Å². The van der Waals surface area contributed by atoms with Gasteiger partial charge in [-0.15, -0.1) is 0 Å². The molecule has 0 bridgehead atoms. The summed E-state index contributed by atoms with van der Waals surface area (Å²) >= 11 is 0. The van der Waals surface area contributed by atoms with Crippen molar-refractivity contribution in [1.29, 1.82) is 0 Å². The van der Waals surface area contributed by atoms with Gasteiger partial charge in [0.2, 0.25) is 5.91 Å². The molecule has 1 heterocycles. The normalized spacial score (nSPS) is 10.6. The van der Waals surface area contributed by atoms with Crippen molar-refractivity contribution >= 4 is 23.4 Å². The minimum atomic E-state index is -0.572. The molecule has 0 aliphatic carbocycles. The number of carbonyl (C=O) groups excluding carboxylic acids is 1. The zero-order chi connectivity index (χ0) is 13.7. The molecule has 0 saturated heterocycles. The van der Waals surface area contributed by atoms with Crippen LogP contribution in [0.2, 0.25) is 0 Å². The standard InChI is InChI=1S/C14H12FN3O/c15-12-9-17-8-7-13(12)18-14(19)6-3-10-1-4-11(16)5-2-10/h1-9H,16H2,(H,17,18,19)/b6-3+. The fraction of sp³-hybridized carbons (Fsp3) is 0. The zero-order valence-corrected chi connectivity index (χ0v) is 10.0. The number of aromatic nitrogens is 1. The Kier molecular flexibility index (Phi) is 3.87. The number of hydrogen-bond acceptors (Lipinski definition) is 3. The lowest BCUT2D eigenvalue weighted by molar-refractivity contribution is -0.111. The van der Waals surface area contributed by atoms with E-state index in [9.17, 15) is 9.18 Å². The van der Waals surface area contributed by atoms with Gasteiger partial charge in [-0.2, -0.15) is 0 Å². The molecule has 1 amide bonds. The highest BCUT2D eigenvalue weighted by Crippen LogP contribution is 2.11. The number of nitrogens with one attached hydrogen (secondary N) is 1. The van der Waals surface area contributed by atoms with Gasteiger partial charge in [-0.05, 0) is 29.8 Å². The van der Waals surface area contributed by atoms with Gasteiger partial charge in [0, 0.05) is 18.0 Å². The Balaban J connectivity index is 2.02. The predicted octanol–water partition coefficient (Wildman–Crippen LogP) is 2.45. The van der Waals surface area contributed by atoms with Gasteiger partial charge in [-0.3, -0.25) is 9.78 Å². The van der Waals surface area contributed by atoms with Crippen molar-refractivity contribution < 1.29 is 9.18 Å². The summed E-state index contributed by atoms with van der Waals surface area (Å²) in [4.78, 5) is 15.2. The van der Waals surface area contributed by atoms with Crippen molar-refractivity contribution in [1.82, 2.24) is 4.98 Å². The molecule has 1 aromatic carbocycles. The molecule has 1 aromatic heterocycles. The van der Waals surface area contributed by atoms with Crippen LogP contribution in [0, 0.1) is 5.82 Å².